The SMILES string of the molecule is O=C(c1ccccn1)N(C[C@@H]1CCCO1)C1(C(=O)NC2CCCCC2)CCCCC1. The summed E-state index contributed by atoms with van der Waals surface area (Å²) in [5.74, 6) is -0.108. The first-order chi connectivity index (χ1) is 14.7. The van der Waals surface area contributed by atoms with E-state index in [0.717, 1.165) is 64.4 Å². The van der Waals surface area contributed by atoms with Crippen LogP contribution in [0.5, 0.6) is 0 Å². The van der Waals surface area contributed by atoms with E-state index in [1.165, 1.54) is 19.3 Å². The fourth-order valence-corrected chi connectivity index (χ4v) is 5.39. The van der Waals surface area contributed by atoms with Crippen LogP contribution >= 0.6 is 0 Å². The highest BCUT2D eigenvalue weighted by molar-refractivity contribution is 5.98. The minimum atomic E-state index is -0.795. The van der Waals surface area contributed by atoms with Gasteiger partial charge in [0, 0.05) is 25.4 Å². The Morgan fingerprint density at radius 1 is 1.03 bits per heavy atom. The van der Waals surface area contributed by atoms with E-state index in [-0.39, 0.29) is 24.0 Å². The number of carbonyl (C=O) groups excluding carboxylic acids is 2. The Morgan fingerprint density at radius 2 is 1.80 bits per heavy atom. The summed E-state index contributed by atoms with van der Waals surface area (Å²) in [7, 11) is 0. The van der Waals surface area contributed by atoms with Crippen LogP contribution < -0.4 is 5.32 Å². The van der Waals surface area contributed by atoms with Crippen molar-refractivity contribution in [3.05, 3.63) is 30.1 Å². The molecule has 1 saturated heterocycles. The van der Waals surface area contributed by atoms with Crippen molar-refractivity contribution in [1.29, 1.82) is 0 Å². The molecule has 0 unspecified atom stereocenters. The maximum atomic E-state index is 13.8. The van der Waals surface area contributed by atoms with Gasteiger partial charge in [-0.1, -0.05) is 44.6 Å². The molecule has 0 radical (unpaired) electrons. The second-order valence-corrected chi connectivity index (χ2v) is 9.17. The lowest BCUT2D eigenvalue weighted by Crippen LogP contribution is -2.64. The molecule has 2 amide bonds. The molecule has 6 heteroatoms. The molecule has 2 aliphatic carbocycles. The van der Waals surface area contributed by atoms with Gasteiger partial charge in [0.05, 0.1) is 6.10 Å². The molecular weight excluding hydrogens is 378 g/mol. The van der Waals surface area contributed by atoms with Gasteiger partial charge in [-0.2, -0.15) is 0 Å². The van der Waals surface area contributed by atoms with Gasteiger partial charge in [-0.15, -0.1) is 0 Å². The van der Waals surface area contributed by atoms with Gasteiger partial charge in [-0.05, 0) is 50.7 Å². The fraction of sp³-hybridized carbons (Fsp3) is 0.708. The standard InChI is InChI=1S/C24H35N3O3/c28-22(21-13-5-8-16-25-21)27(18-20-12-9-17-30-20)24(14-6-2-7-15-24)23(29)26-19-10-3-1-4-11-19/h5,8,13,16,19-20H,1-4,6-7,9-12,14-15,17-18H2,(H,26,29)/t20-/m0/s1. The van der Waals surface area contributed by atoms with E-state index in [2.05, 4.69) is 10.3 Å². The molecule has 0 aromatic carbocycles. The summed E-state index contributed by atoms with van der Waals surface area (Å²) >= 11 is 0. The number of nitrogens with one attached hydrogen (secondary N) is 1. The van der Waals surface area contributed by atoms with Gasteiger partial charge in [-0.3, -0.25) is 14.6 Å². The van der Waals surface area contributed by atoms with Crippen LogP contribution in [-0.2, 0) is 9.53 Å². The Hall–Kier alpha value is -1.95. The van der Waals surface area contributed by atoms with Crippen molar-refractivity contribution < 1.29 is 14.3 Å². The number of carbonyl (C=O) groups is 2. The van der Waals surface area contributed by atoms with Gasteiger partial charge in [0.1, 0.15) is 11.2 Å². The van der Waals surface area contributed by atoms with E-state index in [1.54, 1.807) is 12.3 Å². The molecule has 0 spiro atoms. The second kappa shape index (κ2) is 9.90. The second-order valence-electron chi connectivity index (χ2n) is 9.17. The molecule has 1 atom stereocenters. The molecular formula is C24H35N3O3. The van der Waals surface area contributed by atoms with Gasteiger partial charge in [0.25, 0.3) is 5.91 Å². The summed E-state index contributed by atoms with van der Waals surface area (Å²) in [6.07, 6.45) is 13.8. The van der Waals surface area contributed by atoms with Crippen molar-refractivity contribution in [3.63, 3.8) is 0 Å². The monoisotopic (exact) mass is 413 g/mol. The first kappa shape index (κ1) is 21.3. The van der Waals surface area contributed by atoms with Crippen LogP contribution in [-0.4, -0.2) is 52.5 Å². The van der Waals surface area contributed by atoms with E-state index >= 15 is 0 Å². The number of rotatable bonds is 6. The number of hydrogen-bond acceptors (Lipinski definition) is 4. The smallest absolute Gasteiger partial charge is 0.273 e. The average Bonchev–Trinajstić information content (AvgIpc) is 3.32. The Balaban J connectivity index is 1.63. The van der Waals surface area contributed by atoms with Crippen LogP contribution in [0.15, 0.2) is 24.4 Å². The molecule has 1 aromatic rings. The van der Waals surface area contributed by atoms with Gasteiger partial charge in [0.2, 0.25) is 5.91 Å². The number of hydrogen-bond donors (Lipinski definition) is 1. The third-order valence-electron chi connectivity index (χ3n) is 7.10. The number of nitrogens with zero attached hydrogens (tertiary/aromatic N) is 2. The molecule has 1 aromatic heterocycles. The summed E-state index contributed by atoms with van der Waals surface area (Å²) in [6, 6.07) is 5.63. The quantitative estimate of drug-likeness (QED) is 0.769. The largest absolute Gasteiger partial charge is 0.376 e. The summed E-state index contributed by atoms with van der Waals surface area (Å²) < 4.78 is 5.89. The molecule has 6 nitrogen and oxygen atoms in total. The zero-order valence-electron chi connectivity index (χ0n) is 18.0. The van der Waals surface area contributed by atoms with Crippen LogP contribution in [0, 0.1) is 0 Å². The van der Waals surface area contributed by atoms with E-state index in [9.17, 15) is 9.59 Å². The van der Waals surface area contributed by atoms with Crippen molar-refractivity contribution in [3.8, 4) is 0 Å². The number of aromatic nitrogens is 1. The van der Waals surface area contributed by atoms with Crippen molar-refractivity contribution in [1.82, 2.24) is 15.2 Å². The zero-order valence-corrected chi connectivity index (χ0v) is 18.0. The Morgan fingerprint density at radius 3 is 2.47 bits per heavy atom. The summed E-state index contributed by atoms with van der Waals surface area (Å²) in [5, 5.41) is 3.35. The van der Waals surface area contributed by atoms with Crippen molar-refractivity contribution in [2.45, 2.75) is 94.7 Å². The minimum Gasteiger partial charge on any atom is -0.376 e. The zero-order chi connectivity index (χ0) is 20.8. The number of pyridine rings is 1. The molecule has 0 bridgehead atoms. The van der Waals surface area contributed by atoms with Gasteiger partial charge >= 0.3 is 0 Å². The van der Waals surface area contributed by atoms with E-state index in [0.29, 0.717) is 12.2 Å². The summed E-state index contributed by atoms with van der Waals surface area (Å²) in [4.78, 5) is 33.6. The molecule has 1 aliphatic heterocycles. The highest BCUT2D eigenvalue weighted by atomic mass is 16.5. The highest BCUT2D eigenvalue weighted by Crippen LogP contribution is 2.36. The Labute approximate surface area is 179 Å². The van der Waals surface area contributed by atoms with E-state index < -0.39 is 5.54 Å². The topological polar surface area (TPSA) is 71.5 Å². The number of ether oxygens (including phenoxy) is 1. The molecule has 2 heterocycles. The molecule has 3 aliphatic rings. The lowest BCUT2D eigenvalue weighted by molar-refractivity contribution is -0.136. The fourth-order valence-electron chi connectivity index (χ4n) is 5.39. The van der Waals surface area contributed by atoms with E-state index in [1.807, 2.05) is 17.0 Å². The van der Waals surface area contributed by atoms with Crippen molar-refractivity contribution in [2.24, 2.45) is 0 Å². The maximum absolute atomic E-state index is 13.8. The summed E-state index contributed by atoms with van der Waals surface area (Å²) in [5.41, 5.74) is -0.387. The highest BCUT2D eigenvalue weighted by Gasteiger charge is 2.48. The molecule has 30 heavy (non-hydrogen) atoms. The van der Waals surface area contributed by atoms with E-state index in [4.69, 9.17) is 4.74 Å². The lowest BCUT2D eigenvalue weighted by atomic mass is 9.78. The molecule has 164 valence electrons. The van der Waals surface area contributed by atoms with Gasteiger partial charge < -0.3 is 15.0 Å². The first-order valence-electron chi connectivity index (χ1n) is 11.8. The Bertz CT molecular complexity index is 706. The Kier molecular flexibility index (Phi) is 7.03. The third kappa shape index (κ3) is 4.69. The van der Waals surface area contributed by atoms with Crippen LogP contribution in [0.2, 0.25) is 0 Å². The van der Waals surface area contributed by atoms with Gasteiger partial charge in [0.15, 0.2) is 0 Å². The normalized spacial score (nSPS) is 24.3. The van der Waals surface area contributed by atoms with Crippen LogP contribution in [0.3, 0.4) is 0 Å². The van der Waals surface area contributed by atoms with Crippen molar-refractivity contribution in [2.75, 3.05) is 13.2 Å². The molecule has 2 saturated carbocycles. The minimum absolute atomic E-state index is 0.000977. The maximum Gasteiger partial charge on any atom is 0.273 e. The predicted octanol–water partition coefficient (Wildman–Crippen LogP) is 3.85. The van der Waals surface area contributed by atoms with Crippen LogP contribution in [0.25, 0.3) is 0 Å². The lowest BCUT2D eigenvalue weighted by Gasteiger charge is -2.46. The first-order valence-corrected chi connectivity index (χ1v) is 11.8. The van der Waals surface area contributed by atoms with Crippen LogP contribution in [0.1, 0.15) is 87.5 Å². The molecule has 3 fully saturated rings. The van der Waals surface area contributed by atoms with Crippen molar-refractivity contribution >= 4 is 11.8 Å². The van der Waals surface area contributed by atoms with Gasteiger partial charge in [-0.25, -0.2) is 0 Å². The predicted molar refractivity (Wildman–Crippen MR) is 115 cm³/mol. The summed E-state index contributed by atoms with van der Waals surface area (Å²) in [6.45, 7) is 1.20. The molecule has 4 rings (SSSR count). The molecule has 1 N–H and O–H groups in total. The number of amides is 2. The average molecular weight is 414 g/mol. The third-order valence-corrected chi connectivity index (χ3v) is 7.10. The van der Waals surface area contributed by atoms with Crippen LogP contribution in [0.4, 0.5) is 0 Å².